The Morgan fingerprint density at radius 2 is 1.65 bits per heavy atom. The molecule has 0 heterocycles. The summed E-state index contributed by atoms with van der Waals surface area (Å²) in [7, 11) is 0. The summed E-state index contributed by atoms with van der Waals surface area (Å²) in [6.07, 6.45) is 0. The van der Waals surface area contributed by atoms with E-state index in [1.165, 1.54) is 0 Å². The largest absolute Gasteiger partial charge is 0.502 e. The normalized spacial score (nSPS) is 10.0. The van der Waals surface area contributed by atoms with E-state index in [0.29, 0.717) is 16.9 Å². The molecule has 0 unspecified atom stereocenters. The molecule has 5 nitrogen and oxygen atoms in total. The lowest BCUT2D eigenvalue weighted by Crippen LogP contribution is -2.15. The summed E-state index contributed by atoms with van der Waals surface area (Å²) in [5.41, 5.74) is 1.36. The highest BCUT2D eigenvalue weighted by Gasteiger charge is 2.19. The molecule has 0 aliphatic rings. The van der Waals surface area contributed by atoms with E-state index in [-0.39, 0.29) is 11.3 Å². The van der Waals surface area contributed by atoms with Crippen molar-refractivity contribution in [1.29, 1.82) is 0 Å². The van der Waals surface area contributed by atoms with Crippen molar-refractivity contribution >= 4 is 11.9 Å². The van der Waals surface area contributed by atoms with Gasteiger partial charge < -0.3 is 14.6 Å². The Hall–Kier alpha value is -3.08. The van der Waals surface area contributed by atoms with Gasteiger partial charge in [0.15, 0.2) is 5.76 Å². The second kappa shape index (κ2) is 6.79. The lowest BCUT2D eigenvalue weighted by molar-refractivity contribution is -0.133. The Kier molecular flexibility index (Phi) is 4.81. The summed E-state index contributed by atoms with van der Waals surface area (Å²) >= 11 is 0. The minimum Gasteiger partial charge on any atom is -0.502 e. The molecule has 2 rings (SSSR count). The summed E-state index contributed by atoms with van der Waals surface area (Å²) < 4.78 is 10.4. The zero-order chi connectivity index (χ0) is 17.0. The minimum absolute atomic E-state index is 0.202. The first-order chi connectivity index (χ1) is 10.9. The average molecular weight is 312 g/mol. The molecule has 118 valence electrons. The summed E-state index contributed by atoms with van der Waals surface area (Å²) in [6.45, 7) is 6.47. The quantitative estimate of drug-likeness (QED) is 0.405. The fourth-order valence-corrected chi connectivity index (χ4v) is 2.01. The van der Waals surface area contributed by atoms with Gasteiger partial charge in [-0.15, -0.1) is 0 Å². The third-order valence-corrected chi connectivity index (χ3v) is 3.21. The lowest BCUT2D eigenvalue weighted by atomic mass is 10.0. The SMILES string of the molecule is C=C(O)C(=O)Oc1c(C)ccc(C(=O)Oc2ccccc2)c1C. The Morgan fingerprint density at radius 3 is 2.26 bits per heavy atom. The topological polar surface area (TPSA) is 72.8 Å². The smallest absolute Gasteiger partial charge is 0.378 e. The summed E-state index contributed by atoms with van der Waals surface area (Å²) in [4.78, 5) is 23.8. The number of ether oxygens (including phenoxy) is 2. The van der Waals surface area contributed by atoms with E-state index in [1.54, 1.807) is 50.2 Å². The third-order valence-electron chi connectivity index (χ3n) is 3.21. The highest BCUT2D eigenvalue weighted by Crippen LogP contribution is 2.27. The van der Waals surface area contributed by atoms with Crippen LogP contribution in [0.5, 0.6) is 11.5 Å². The van der Waals surface area contributed by atoms with Gasteiger partial charge >= 0.3 is 11.9 Å². The van der Waals surface area contributed by atoms with E-state index < -0.39 is 17.7 Å². The maximum atomic E-state index is 12.3. The Morgan fingerprint density at radius 1 is 1.00 bits per heavy atom. The van der Waals surface area contributed by atoms with Crippen LogP contribution >= 0.6 is 0 Å². The average Bonchev–Trinajstić information content (AvgIpc) is 2.51. The third kappa shape index (κ3) is 3.77. The van der Waals surface area contributed by atoms with Crippen LogP contribution < -0.4 is 9.47 Å². The number of carbonyl (C=O) groups is 2. The monoisotopic (exact) mass is 312 g/mol. The van der Waals surface area contributed by atoms with Crippen LogP contribution in [0.1, 0.15) is 21.5 Å². The van der Waals surface area contributed by atoms with Gasteiger partial charge in [-0.2, -0.15) is 0 Å². The molecule has 0 fully saturated rings. The molecule has 0 spiro atoms. The number of aliphatic hydroxyl groups is 1. The molecular weight excluding hydrogens is 296 g/mol. The van der Waals surface area contributed by atoms with Crippen LogP contribution in [0.3, 0.4) is 0 Å². The van der Waals surface area contributed by atoms with Gasteiger partial charge in [0.05, 0.1) is 5.56 Å². The summed E-state index contributed by atoms with van der Waals surface area (Å²) in [5.74, 6) is -1.62. The first-order valence-electron chi connectivity index (χ1n) is 6.87. The predicted octanol–water partition coefficient (Wildman–Crippen LogP) is 3.50. The molecule has 0 saturated carbocycles. The first-order valence-corrected chi connectivity index (χ1v) is 6.87. The number of benzene rings is 2. The Labute approximate surface area is 133 Å². The van der Waals surface area contributed by atoms with Crippen molar-refractivity contribution in [3.63, 3.8) is 0 Å². The zero-order valence-electron chi connectivity index (χ0n) is 12.8. The summed E-state index contributed by atoms with van der Waals surface area (Å²) in [5, 5.41) is 9.08. The number of aliphatic hydroxyl groups excluding tert-OH is 1. The molecule has 2 aromatic rings. The van der Waals surface area contributed by atoms with Gasteiger partial charge in [-0.05, 0) is 44.2 Å². The second-order valence-electron chi connectivity index (χ2n) is 4.92. The molecule has 0 amide bonds. The number of esters is 2. The highest BCUT2D eigenvalue weighted by atomic mass is 16.6. The molecule has 0 bridgehead atoms. The highest BCUT2D eigenvalue weighted by molar-refractivity contribution is 5.94. The maximum absolute atomic E-state index is 12.3. The van der Waals surface area contributed by atoms with E-state index in [4.69, 9.17) is 14.6 Å². The Balaban J connectivity index is 2.31. The Bertz CT molecular complexity index is 762. The molecule has 0 radical (unpaired) electrons. The van der Waals surface area contributed by atoms with Gasteiger partial charge in [0.1, 0.15) is 11.5 Å². The molecule has 0 saturated heterocycles. The zero-order valence-corrected chi connectivity index (χ0v) is 12.8. The predicted molar refractivity (Wildman–Crippen MR) is 84.7 cm³/mol. The van der Waals surface area contributed by atoms with Crippen molar-refractivity contribution in [3.05, 3.63) is 71.5 Å². The minimum atomic E-state index is -0.968. The molecule has 0 aliphatic heterocycles. The molecule has 1 N–H and O–H groups in total. The molecule has 23 heavy (non-hydrogen) atoms. The fourth-order valence-electron chi connectivity index (χ4n) is 2.01. The second-order valence-corrected chi connectivity index (χ2v) is 4.92. The number of hydrogen-bond donors (Lipinski definition) is 1. The van der Waals surface area contributed by atoms with Crippen LogP contribution in [0.25, 0.3) is 0 Å². The van der Waals surface area contributed by atoms with Crippen molar-refractivity contribution in [1.82, 2.24) is 0 Å². The van der Waals surface area contributed by atoms with Gasteiger partial charge in [-0.25, -0.2) is 9.59 Å². The van der Waals surface area contributed by atoms with Gasteiger partial charge in [0.2, 0.25) is 0 Å². The molecule has 0 aliphatic carbocycles. The first kappa shape index (κ1) is 16.3. The molecule has 2 aromatic carbocycles. The number of rotatable bonds is 4. The summed E-state index contributed by atoms with van der Waals surface area (Å²) in [6, 6.07) is 11.9. The van der Waals surface area contributed by atoms with Crippen molar-refractivity contribution in [2.24, 2.45) is 0 Å². The number of aryl methyl sites for hydroxylation is 1. The maximum Gasteiger partial charge on any atom is 0.378 e. The van der Waals surface area contributed by atoms with Crippen LogP contribution in [0.15, 0.2) is 54.8 Å². The van der Waals surface area contributed by atoms with E-state index >= 15 is 0 Å². The van der Waals surface area contributed by atoms with Gasteiger partial charge in [-0.3, -0.25) is 0 Å². The van der Waals surface area contributed by atoms with Gasteiger partial charge in [0.25, 0.3) is 0 Å². The van der Waals surface area contributed by atoms with Gasteiger partial charge in [0, 0.05) is 5.56 Å². The van der Waals surface area contributed by atoms with Crippen LogP contribution in [-0.2, 0) is 4.79 Å². The van der Waals surface area contributed by atoms with Crippen LogP contribution in [0.2, 0.25) is 0 Å². The van der Waals surface area contributed by atoms with E-state index in [9.17, 15) is 9.59 Å². The lowest BCUT2D eigenvalue weighted by Gasteiger charge is -2.13. The van der Waals surface area contributed by atoms with Crippen molar-refractivity contribution in [3.8, 4) is 11.5 Å². The van der Waals surface area contributed by atoms with Crippen LogP contribution in [-0.4, -0.2) is 17.0 Å². The van der Waals surface area contributed by atoms with Gasteiger partial charge in [-0.1, -0.05) is 24.3 Å². The number of hydrogen-bond acceptors (Lipinski definition) is 5. The van der Waals surface area contributed by atoms with Crippen molar-refractivity contribution in [2.45, 2.75) is 13.8 Å². The molecule has 5 heteroatoms. The number of para-hydroxylation sites is 1. The van der Waals surface area contributed by atoms with E-state index in [1.807, 2.05) is 6.07 Å². The van der Waals surface area contributed by atoms with E-state index in [2.05, 4.69) is 6.58 Å². The van der Waals surface area contributed by atoms with E-state index in [0.717, 1.165) is 0 Å². The molecule has 0 aromatic heterocycles. The molecular formula is C18H16O5. The fraction of sp³-hybridized carbons (Fsp3) is 0.111. The van der Waals surface area contributed by atoms with Crippen LogP contribution in [0, 0.1) is 13.8 Å². The van der Waals surface area contributed by atoms with Crippen molar-refractivity contribution < 1.29 is 24.2 Å². The number of carbonyl (C=O) groups excluding carboxylic acids is 2. The van der Waals surface area contributed by atoms with Crippen LogP contribution in [0.4, 0.5) is 0 Å². The molecule has 0 atom stereocenters. The standard InChI is InChI=1S/C18H16O5/c1-11-9-10-15(12(2)16(11)23-17(20)13(3)19)18(21)22-14-7-5-4-6-8-14/h4-10,19H,3H2,1-2H3. The van der Waals surface area contributed by atoms with Crippen molar-refractivity contribution in [2.75, 3.05) is 0 Å².